The molecule has 1 spiro atoms. The third-order valence-corrected chi connectivity index (χ3v) is 6.79. The molecule has 0 aromatic carbocycles. The molecule has 1 aliphatic carbocycles. The number of thioether (sulfide) groups is 2. The van der Waals surface area contributed by atoms with Crippen molar-refractivity contribution in [3.8, 4) is 0 Å². The largest absolute Gasteiger partial charge is 0.364 e. The van der Waals surface area contributed by atoms with Crippen LogP contribution in [0, 0.1) is 5.41 Å². The van der Waals surface area contributed by atoms with E-state index in [1.165, 1.54) is 67.7 Å². The van der Waals surface area contributed by atoms with Gasteiger partial charge in [-0.05, 0) is 18.3 Å². The van der Waals surface area contributed by atoms with Crippen LogP contribution in [0.1, 0.15) is 25.7 Å². The summed E-state index contributed by atoms with van der Waals surface area (Å²) in [5.74, 6) is 3.90. The fourth-order valence-electron chi connectivity index (χ4n) is 3.23. The normalized spacial score (nSPS) is 27.5. The smallest absolute Gasteiger partial charge is 0.156 e. The number of rotatable bonds is 3. The lowest BCUT2D eigenvalue weighted by Crippen LogP contribution is -2.40. The van der Waals surface area contributed by atoms with Gasteiger partial charge in [0.15, 0.2) is 5.17 Å². The van der Waals surface area contributed by atoms with E-state index in [0.29, 0.717) is 5.41 Å². The van der Waals surface area contributed by atoms with Gasteiger partial charge in [-0.25, -0.2) is 0 Å². The summed E-state index contributed by atoms with van der Waals surface area (Å²) in [5.41, 5.74) is 0.569. The van der Waals surface area contributed by atoms with Crippen molar-refractivity contribution >= 4 is 28.7 Å². The predicted octanol–water partition coefficient (Wildman–Crippen LogP) is 2.29. The van der Waals surface area contributed by atoms with E-state index in [4.69, 9.17) is 4.99 Å². The first-order chi connectivity index (χ1) is 9.36. The number of amidine groups is 1. The lowest BCUT2D eigenvalue weighted by atomic mass is 9.89. The molecule has 3 nitrogen and oxygen atoms in total. The van der Waals surface area contributed by atoms with Gasteiger partial charge in [0.1, 0.15) is 0 Å². The molecule has 1 N–H and O–H groups in total. The molecular weight excluding hydrogens is 274 g/mol. The second kappa shape index (κ2) is 6.72. The molecule has 1 saturated heterocycles. The van der Waals surface area contributed by atoms with Gasteiger partial charge in [0.05, 0.1) is 0 Å². The van der Waals surface area contributed by atoms with Gasteiger partial charge in [-0.1, -0.05) is 24.6 Å². The minimum Gasteiger partial charge on any atom is -0.364 e. The molecular formula is C14H25N3S2. The van der Waals surface area contributed by atoms with Crippen LogP contribution < -0.4 is 5.32 Å². The summed E-state index contributed by atoms with van der Waals surface area (Å²) >= 11 is 4.04. The first kappa shape index (κ1) is 14.1. The highest BCUT2D eigenvalue weighted by Gasteiger charge is 2.36. The summed E-state index contributed by atoms with van der Waals surface area (Å²) in [6, 6.07) is 0. The lowest BCUT2D eigenvalue weighted by Gasteiger charge is -2.31. The summed E-state index contributed by atoms with van der Waals surface area (Å²) in [4.78, 5) is 7.36. The summed E-state index contributed by atoms with van der Waals surface area (Å²) in [7, 11) is 0. The highest BCUT2D eigenvalue weighted by atomic mass is 32.2. The quantitative estimate of drug-likeness (QED) is 0.865. The molecule has 3 aliphatic rings. The monoisotopic (exact) mass is 299 g/mol. The number of hydrogen-bond donors (Lipinski definition) is 1. The first-order valence-electron chi connectivity index (χ1n) is 7.58. The fourth-order valence-corrected chi connectivity index (χ4v) is 5.39. The zero-order valence-electron chi connectivity index (χ0n) is 11.7. The Balaban J connectivity index is 1.37. The number of hydrogen-bond acceptors (Lipinski definition) is 5. The van der Waals surface area contributed by atoms with Crippen LogP contribution in [-0.4, -0.2) is 60.0 Å². The van der Waals surface area contributed by atoms with E-state index in [9.17, 15) is 0 Å². The van der Waals surface area contributed by atoms with Crippen LogP contribution in [-0.2, 0) is 0 Å². The SMILES string of the molecule is C1CCC2(C1)CN=C(NCCN1CCSCC1)SC2. The molecule has 0 atom stereocenters. The van der Waals surface area contributed by atoms with Crippen molar-refractivity contribution < 1.29 is 0 Å². The molecule has 2 aliphatic heterocycles. The molecule has 0 unspecified atom stereocenters. The summed E-state index contributed by atoms with van der Waals surface area (Å²) in [6.07, 6.45) is 5.65. The molecule has 3 rings (SSSR count). The maximum atomic E-state index is 4.79. The van der Waals surface area contributed by atoms with Gasteiger partial charge in [-0.3, -0.25) is 9.89 Å². The van der Waals surface area contributed by atoms with E-state index in [-0.39, 0.29) is 0 Å². The Morgan fingerprint density at radius 2 is 2.00 bits per heavy atom. The zero-order chi connectivity index (χ0) is 13.0. The van der Waals surface area contributed by atoms with Crippen molar-refractivity contribution in [1.82, 2.24) is 10.2 Å². The molecule has 19 heavy (non-hydrogen) atoms. The predicted molar refractivity (Wildman–Crippen MR) is 87.4 cm³/mol. The lowest BCUT2D eigenvalue weighted by molar-refractivity contribution is 0.307. The Hall–Kier alpha value is 0.130. The van der Waals surface area contributed by atoms with Gasteiger partial charge in [-0.15, -0.1) is 0 Å². The van der Waals surface area contributed by atoms with Crippen LogP contribution in [0.4, 0.5) is 0 Å². The second-order valence-corrected chi connectivity index (χ2v) is 8.19. The summed E-state index contributed by atoms with van der Waals surface area (Å²) < 4.78 is 0. The number of aliphatic imine (C=N–C) groups is 1. The molecule has 2 heterocycles. The van der Waals surface area contributed by atoms with Crippen molar-refractivity contribution in [2.24, 2.45) is 10.4 Å². The van der Waals surface area contributed by atoms with Crippen molar-refractivity contribution in [2.45, 2.75) is 25.7 Å². The summed E-state index contributed by atoms with van der Waals surface area (Å²) in [5, 5.41) is 4.74. The Kier molecular flexibility index (Phi) is 4.98. The van der Waals surface area contributed by atoms with E-state index >= 15 is 0 Å². The highest BCUT2D eigenvalue weighted by Crippen LogP contribution is 2.43. The third kappa shape index (κ3) is 3.82. The average molecular weight is 300 g/mol. The van der Waals surface area contributed by atoms with Gasteiger partial charge < -0.3 is 5.32 Å². The van der Waals surface area contributed by atoms with E-state index in [1.54, 1.807) is 0 Å². The van der Waals surface area contributed by atoms with Gasteiger partial charge in [0, 0.05) is 50.0 Å². The minimum absolute atomic E-state index is 0.569. The maximum Gasteiger partial charge on any atom is 0.156 e. The minimum atomic E-state index is 0.569. The van der Waals surface area contributed by atoms with Gasteiger partial charge in [-0.2, -0.15) is 11.8 Å². The van der Waals surface area contributed by atoms with Crippen LogP contribution in [0.2, 0.25) is 0 Å². The van der Waals surface area contributed by atoms with Gasteiger partial charge in [0.2, 0.25) is 0 Å². The van der Waals surface area contributed by atoms with Crippen LogP contribution in [0.3, 0.4) is 0 Å². The van der Waals surface area contributed by atoms with E-state index < -0.39 is 0 Å². The van der Waals surface area contributed by atoms with E-state index in [2.05, 4.69) is 22.0 Å². The molecule has 0 amide bonds. The van der Waals surface area contributed by atoms with E-state index in [1.807, 2.05) is 11.8 Å². The zero-order valence-corrected chi connectivity index (χ0v) is 13.3. The topological polar surface area (TPSA) is 27.6 Å². The Morgan fingerprint density at radius 1 is 1.21 bits per heavy atom. The van der Waals surface area contributed by atoms with Crippen molar-refractivity contribution in [3.05, 3.63) is 0 Å². The van der Waals surface area contributed by atoms with Crippen LogP contribution in [0.15, 0.2) is 4.99 Å². The number of nitrogens with zero attached hydrogens (tertiary/aromatic N) is 2. The van der Waals surface area contributed by atoms with Gasteiger partial charge in [0.25, 0.3) is 0 Å². The summed E-state index contributed by atoms with van der Waals surface area (Å²) in [6.45, 7) is 5.82. The van der Waals surface area contributed by atoms with Gasteiger partial charge >= 0.3 is 0 Å². The molecule has 0 bridgehead atoms. The maximum absolute atomic E-state index is 4.79. The average Bonchev–Trinajstić information content (AvgIpc) is 2.91. The van der Waals surface area contributed by atoms with Crippen LogP contribution in [0.5, 0.6) is 0 Å². The molecule has 2 fully saturated rings. The first-order valence-corrected chi connectivity index (χ1v) is 9.72. The second-order valence-electron chi connectivity index (χ2n) is 6.00. The fraction of sp³-hybridized carbons (Fsp3) is 0.929. The third-order valence-electron chi connectivity index (χ3n) is 4.55. The number of nitrogens with one attached hydrogen (secondary N) is 1. The molecule has 0 aromatic heterocycles. The Bertz CT molecular complexity index is 321. The Labute approximate surface area is 125 Å². The molecule has 108 valence electrons. The van der Waals surface area contributed by atoms with Crippen molar-refractivity contribution in [3.63, 3.8) is 0 Å². The van der Waals surface area contributed by atoms with Crippen LogP contribution in [0.25, 0.3) is 0 Å². The highest BCUT2D eigenvalue weighted by molar-refractivity contribution is 8.13. The molecule has 0 aromatic rings. The standard InChI is InChI=1S/C14H25N3S2/c1-2-4-14(3-1)11-16-13(19-12-14)15-5-6-17-7-9-18-10-8-17/h1-12H2,(H,15,16). The molecule has 0 radical (unpaired) electrons. The van der Waals surface area contributed by atoms with Crippen molar-refractivity contribution in [2.75, 3.05) is 50.0 Å². The van der Waals surface area contributed by atoms with E-state index in [0.717, 1.165) is 13.1 Å². The van der Waals surface area contributed by atoms with Crippen LogP contribution >= 0.6 is 23.5 Å². The molecule has 5 heteroatoms. The van der Waals surface area contributed by atoms with Crippen molar-refractivity contribution in [1.29, 1.82) is 0 Å². The molecule has 1 saturated carbocycles. The Morgan fingerprint density at radius 3 is 2.68 bits per heavy atom.